The van der Waals surface area contributed by atoms with E-state index in [-0.39, 0.29) is 11.5 Å². The van der Waals surface area contributed by atoms with E-state index >= 15 is 0 Å². The van der Waals surface area contributed by atoms with Crippen LogP contribution in [0.4, 0.5) is 13.2 Å². The van der Waals surface area contributed by atoms with Crippen molar-refractivity contribution >= 4 is 75.1 Å². The molecular formula is C26H35B6F3O9S. The summed E-state index contributed by atoms with van der Waals surface area (Å²) < 4.78 is 88.7. The Morgan fingerprint density at radius 1 is 0.711 bits per heavy atom. The van der Waals surface area contributed by atoms with Crippen molar-refractivity contribution in [2.24, 2.45) is 5.41 Å². The third-order valence-electron chi connectivity index (χ3n) is 7.54. The van der Waals surface area contributed by atoms with Gasteiger partial charge in [-0.15, -0.1) is 0 Å². The fraction of sp³-hybridized carbons (Fsp3) is 0.423. The van der Waals surface area contributed by atoms with E-state index in [9.17, 15) is 36.0 Å². The first-order chi connectivity index (χ1) is 20.9. The lowest BCUT2D eigenvalue weighted by molar-refractivity contribution is -0.222. The van der Waals surface area contributed by atoms with Gasteiger partial charge in [0.25, 0.3) is 15.5 Å². The van der Waals surface area contributed by atoms with Gasteiger partial charge in [0.2, 0.25) is 6.10 Å². The molecule has 0 aromatic heterocycles. The molecule has 0 spiro atoms. The number of hydrogen-bond donors (Lipinski definition) is 1. The molecule has 2 rings (SSSR count). The third kappa shape index (κ3) is 9.25. The minimum Gasteiger partial charge on any atom is -0.450 e. The van der Waals surface area contributed by atoms with E-state index < -0.39 is 51.5 Å². The van der Waals surface area contributed by atoms with Crippen LogP contribution >= 0.6 is 0 Å². The molecule has 0 fully saturated rings. The van der Waals surface area contributed by atoms with Gasteiger partial charge in [-0.2, -0.15) is 21.6 Å². The van der Waals surface area contributed by atoms with Gasteiger partial charge in [0.15, 0.2) is 0 Å². The highest BCUT2D eigenvalue weighted by atomic mass is 32.2. The van der Waals surface area contributed by atoms with E-state index in [4.69, 9.17) is 14.0 Å². The van der Waals surface area contributed by atoms with Crippen LogP contribution in [-0.4, -0.2) is 96.0 Å². The monoisotopic (exact) mass is 646 g/mol. The fourth-order valence-electron chi connectivity index (χ4n) is 4.65. The zero-order valence-electron chi connectivity index (χ0n) is 26.6. The van der Waals surface area contributed by atoms with E-state index in [0.29, 0.717) is 67.1 Å². The van der Waals surface area contributed by atoms with Crippen molar-refractivity contribution in [2.75, 3.05) is 5.75 Å². The third-order valence-corrected chi connectivity index (χ3v) is 8.26. The van der Waals surface area contributed by atoms with Gasteiger partial charge in [0.1, 0.15) is 64.3 Å². The minimum atomic E-state index is -5.48. The molecule has 0 radical (unpaired) electrons. The summed E-state index contributed by atoms with van der Waals surface area (Å²) in [4.78, 5) is 41.2. The average molecular weight is 645 g/mol. The van der Waals surface area contributed by atoms with Crippen molar-refractivity contribution in [3.05, 3.63) is 57.6 Å². The van der Waals surface area contributed by atoms with Gasteiger partial charge in [-0.3, -0.25) is 9.35 Å². The van der Waals surface area contributed by atoms with E-state index in [2.05, 4.69) is 4.74 Å². The summed E-state index contributed by atoms with van der Waals surface area (Å²) in [5, 5.41) is 0. The number of esters is 3. The molecule has 0 heterocycles. The number of carbonyl (C=O) groups excluding carboxylic acids is 3. The SMILES string of the molecule is BCc1cc(CB)c(OC(=O)C(C)(C(=O)Oc2c(CB)cc(CB)cc2CB)C(=O)OC(CS(=O)(=O)O)C(F)(F)F)c(CB)c1. The molecular weight excluding hydrogens is 610 g/mol. The number of carbonyl (C=O) groups is 3. The zero-order chi connectivity index (χ0) is 34.3. The first-order valence-electron chi connectivity index (χ1n) is 14.9. The second-order valence-electron chi connectivity index (χ2n) is 10.7. The van der Waals surface area contributed by atoms with Crippen molar-refractivity contribution < 1.29 is 54.7 Å². The first-order valence-corrected chi connectivity index (χ1v) is 16.5. The van der Waals surface area contributed by atoms with Crippen LogP contribution in [0, 0.1) is 5.41 Å². The molecule has 0 aliphatic rings. The maximum atomic E-state index is 13.9. The Morgan fingerprint density at radius 2 is 1.04 bits per heavy atom. The molecule has 0 saturated carbocycles. The molecule has 1 N–H and O–H groups in total. The molecule has 0 aliphatic heterocycles. The average Bonchev–Trinajstić information content (AvgIpc) is 2.98. The maximum absolute atomic E-state index is 13.9. The molecule has 2 aromatic rings. The Hall–Kier alpha value is -3.06. The van der Waals surface area contributed by atoms with Gasteiger partial charge in [-0.25, -0.2) is 9.59 Å². The van der Waals surface area contributed by atoms with Crippen LogP contribution in [0.15, 0.2) is 24.3 Å². The largest absolute Gasteiger partial charge is 0.450 e. The molecule has 0 bridgehead atoms. The van der Waals surface area contributed by atoms with Crippen LogP contribution in [0.3, 0.4) is 0 Å². The molecule has 9 nitrogen and oxygen atoms in total. The summed E-state index contributed by atoms with van der Waals surface area (Å²) in [6, 6.07) is 7.10. The Kier molecular flexibility index (Phi) is 13.1. The second-order valence-corrected chi connectivity index (χ2v) is 12.2. The van der Waals surface area contributed by atoms with Crippen molar-refractivity contribution in [3.63, 3.8) is 0 Å². The summed E-state index contributed by atoms with van der Waals surface area (Å²) in [6.45, 7) is 0.705. The van der Waals surface area contributed by atoms with Gasteiger partial charge >= 0.3 is 24.1 Å². The van der Waals surface area contributed by atoms with Crippen molar-refractivity contribution in [1.29, 1.82) is 0 Å². The van der Waals surface area contributed by atoms with Crippen molar-refractivity contribution in [2.45, 2.75) is 57.1 Å². The normalized spacial score (nSPS) is 12.7. The molecule has 45 heavy (non-hydrogen) atoms. The highest BCUT2D eigenvalue weighted by Gasteiger charge is 2.57. The summed E-state index contributed by atoms with van der Waals surface area (Å²) in [5.74, 6) is -7.21. The summed E-state index contributed by atoms with van der Waals surface area (Å²) in [7, 11) is 5.68. The number of hydrogen-bond acceptors (Lipinski definition) is 8. The van der Waals surface area contributed by atoms with Crippen LogP contribution in [-0.2, 0) is 67.2 Å². The Balaban J connectivity index is 2.74. The first kappa shape index (κ1) is 38.1. The fourth-order valence-corrected chi connectivity index (χ4v) is 5.29. The molecule has 238 valence electrons. The van der Waals surface area contributed by atoms with Gasteiger partial charge in [0.05, 0.1) is 0 Å². The predicted octanol–water partition coefficient (Wildman–Crippen LogP) is -2.64. The molecule has 19 heteroatoms. The number of halogens is 3. The molecule has 2 aromatic carbocycles. The molecule has 0 amide bonds. The second kappa shape index (κ2) is 15.5. The molecule has 0 saturated heterocycles. The predicted molar refractivity (Wildman–Crippen MR) is 178 cm³/mol. The minimum absolute atomic E-state index is 0.0372. The van der Waals surface area contributed by atoms with Crippen LogP contribution in [0.25, 0.3) is 0 Å². The number of alkyl halides is 3. The quantitative estimate of drug-likeness (QED) is 0.0771. The van der Waals surface area contributed by atoms with Gasteiger partial charge < -0.3 is 14.2 Å². The van der Waals surface area contributed by atoms with Gasteiger partial charge in [-0.1, -0.05) is 73.3 Å². The maximum Gasteiger partial charge on any atom is 0.426 e. The van der Waals surface area contributed by atoms with E-state index in [1.54, 1.807) is 55.7 Å². The van der Waals surface area contributed by atoms with Gasteiger partial charge in [0, 0.05) is 0 Å². The molecule has 1 unspecified atom stereocenters. The Labute approximate surface area is 266 Å². The highest BCUT2D eigenvalue weighted by Crippen LogP contribution is 2.35. The highest BCUT2D eigenvalue weighted by molar-refractivity contribution is 7.85. The van der Waals surface area contributed by atoms with Crippen LogP contribution in [0.2, 0.25) is 0 Å². The van der Waals surface area contributed by atoms with E-state index in [0.717, 1.165) is 11.1 Å². The van der Waals surface area contributed by atoms with Crippen molar-refractivity contribution in [3.8, 4) is 11.5 Å². The molecule has 0 aliphatic carbocycles. The van der Waals surface area contributed by atoms with E-state index in [1.165, 1.54) is 0 Å². The summed E-state index contributed by atoms with van der Waals surface area (Å²) >= 11 is 0. The van der Waals surface area contributed by atoms with Crippen molar-refractivity contribution in [1.82, 2.24) is 0 Å². The van der Waals surface area contributed by atoms with Crippen LogP contribution < -0.4 is 9.47 Å². The molecule has 1 atom stereocenters. The smallest absolute Gasteiger partial charge is 0.426 e. The lowest BCUT2D eigenvalue weighted by Crippen LogP contribution is -2.52. The Bertz CT molecular complexity index is 1410. The Morgan fingerprint density at radius 3 is 1.29 bits per heavy atom. The van der Waals surface area contributed by atoms with E-state index in [1.807, 2.05) is 15.7 Å². The van der Waals surface area contributed by atoms with Gasteiger partial charge in [-0.05, 0) is 29.2 Å². The number of benzene rings is 2. The lowest BCUT2D eigenvalue weighted by Gasteiger charge is -2.28. The number of rotatable bonds is 14. The topological polar surface area (TPSA) is 133 Å². The lowest BCUT2D eigenvalue weighted by atomic mass is 9.84. The summed E-state index contributed by atoms with van der Waals surface area (Å²) in [5.41, 5.74) is 0.928. The van der Waals surface area contributed by atoms with Crippen LogP contribution in [0.1, 0.15) is 40.3 Å². The van der Waals surface area contributed by atoms with Crippen LogP contribution in [0.5, 0.6) is 11.5 Å². The summed E-state index contributed by atoms with van der Waals surface area (Å²) in [6.07, 6.45) is -6.05. The standard InChI is InChI=1S/C26H35B6F3O9S/c1-25(22(36)42-19(26(33,34)35)12-45(39,40)41,23(37)43-20-15(8-29)2-13(6-27)3-16(20)9-30)24(38)44-21-17(10-31)4-14(7-28)5-18(21)11-32/h2-5,19H,6-12,27-32H2,1H3,(H,39,40,41). The zero-order valence-corrected chi connectivity index (χ0v) is 27.4. The number of ether oxygens (including phenoxy) is 3.